The summed E-state index contributed by atoms with van der Waals surface area (Å²) in [7, 11) is -3.92. The number of amides is 1. The van der Waals surface area contributed by atoms with Gasteiger partial charge in [-0.3, -0.25) is 14.4 Å². The third-order valence-electron chi connectivity index (χ3n) is 5.28. The summed E-state index contributed by atoms with van der Waals surface area (Å²) in [6, 6.07) is 9.46. The summed E-state index contributed by atoms with van der Waals surface area (Å²) in [6.07, 6.45) is 2.06. The molecule has 9 nitrogen and oxygen atoms in total. The molecule has 2 aliphatic rings. The van der Waals surface area contributed by atoms with Gasteiger partial charge in [0.15, 0.2) is 12.4 Å². The average Bonchev–Trinajstić information content (AvgIpc) is 3.48. The summed E-state index contributed by atoms with van der Waals surface area (Å²) in [5, 5.41) is 4.39. The highest BCUT2D eigenvalue weighted by atomic mass is 35.5. The van der Waals surface area contributed by atoms with Gasteiger partial charge in [-0.2, -0.15) is 4.98 Å². The number of ether oxygens (including phenoxy) is 1. The Morgan fingerprint density at radius 3 is 2.81 bits per heavy atom. The Hall–Kier alpha value is -3.11. The second-order valence-electron chi connectivity index (χ2n) is 7.79. The quantitative estimate of drug-likeness (QED) is 0.580. The maximum absolute atomic E-state index is 13.0. The van der Waals surface area contributed by atoms with Crippen molar-refractivity contribution in [3.05, 3.63) is 58.7 Å². The Balaban J connectivity index is 1.45. The van der Waals surface area contributed by atoms with Gasteiger partial charge in [-0.1, -0.05) is 22.8 Å². The van der Waals surface area contributed by atoms with E-state index in [4.69, 9.17) is 20.9 Å². The minimum absolute atomic E-state index is 0.0427. The minimum Gasteiger partial charge on any atom is -0.482 e. The number of aryl methyl sites for hydroxylation is 1. The van der Waals surface area contributed by atoms with Crippen LogP contribution in [0.3, 0.4) is 0 Å². The van der Waals surface area contributed by atoms with Crippen molar-refractivity contribution in [1.29, 1.82) is 0 Å². The predicted molar refractivity (Wildman–Crippen MR) is 116 cm³/mol. The molecule has 0 atom stereocenters. The van der Waals surface area contributed by atoms with Gasteiger partial charge >= 0.3 is 0 Å². The summed E-state index contributed by atoms with van der Waals surface area (Å²) in [5.74, 6) is 1.30. The van der Waals surface area contributed by atoms with E-state index in [1.54, 1.807) is 31.2 Å². The SMILES string of the molecule is Cc1cc2c(cc1S(=O)(=O)Nc1cccc(Cl)c1)OCC(=O)N2Cc1noc(C2CC2)n1. The Labute approximate surface area is 189 Å². The topological polar surface area (TPSA) is 115 Å². The predicted octanol–water partition coefficient (Wildman–Crippen LogP) is 3.64. The number of halogens is 1. The van der Waals surface area contributed by atoms with Crippen LogP contribution in [0.4, 0.5) is 11.4 Å². The number of nitrogens with zero attached hydrogens (tertiary/aromatic N) is 3. The Bertz CT molecular complexity index is 1320. The molecular formula is C21H19ClN4O5S. The van der Waals surface area contributed by atoms with Gasteiger partial charge in [-0.05, 0) is 49.6 Å². The molecule has 166 valence electrons. The van der Waals surface area contributed by atoms with Crippen LogP contribution in [-0.4, -0.2) is 31.1 Å². The monoisotopic (exact) mass is 474 g/mol. The zero-order chi connectivity index (χ0) is 22.5. The molecule has 1 aromatic heterocycles. The number of benzene rings is 2. The normalized spacial score (nSPS) is 15.9. The number of carbonyl (C=O) groups excluding carboxylic acids is 1. The molecule has 1 N–H and O–H groups in total. The average molecular weight is 475 g/mol. The first kappa shape index (κ1) is 20.8. The molecule has 5 rings (SSSR count). The molecule has 1 aliphatic heterocycles. The van der Waals surface area contributed by atoms with E-state index < -0.39 is 10.0 Å². The number of sulfonamides is 1. The second-order valence-corrected chi connectivity index (χ2v) is 9.88. The molecule has 1 aliphatic carbocycles. The number of rotatable bonds is 6. The van der Waals surface area contributed by atoms with Crippen LogP contribution in [0.5, 0.6) is 5.75 Å². The molecule has 0 bridgehead atoms. The van der Waals surface area contributed by atoms with Gasteiger partial charge in [0.1, 0.15) is 5.75 Å². The molecule has 0 saturated heterocycles. The van der Waals surface area contributed by atoms with Crippen LogP contribution in [0, 0.1) is 6.92 Å². The van der Waals surface area contributed by atoms with Crippen LogP contribution in [-0.2, 0) is 21.4 Å². The first-order valence-corrected chi connectivity index (χ1v) is 11.8. The zero-order valence-electron chi connectivity index (χ0n) is 17.0. The third-order valence-corrected chi connectivity index (χ3v) is 7.03. The molecule has 1 amide bonds. The molecular weight excluding hydrogens is 456 g/mol. The number of aromatic nitrogens is 2. The molecule has 2 heterocycles. The Morgan fingerprint density at radius 1 is 1.25 bits per heavy atom. The van der Waals surface area contributed by atoms with Crippen molar-refractivity contribution in [3.8, 4) is 5.75 Å². The number of hydrogen-bond acceptors (Lipinski definition) is 7. The Morgan fingerprint density at radius 2 is 2.06 bits per heavy atom. The largest absolute Gasteiger partial charge is 0.482 e. The van der Waals surface area contributed by atoms with E-state index in [1.165, 1.54) is 17.0 Å². The highest BCUT2D eigenvalue weighted by Gasteiger charge is 2.32. The lowest BCUT2D eigenvalue weighted by Crippen LogP contribution is -2.38. The minimum atomic E-state index is -3.92. The van der Waals surface area contributed by atoms with Gasteiger partial charge in [-0.15, -0.1) is 0 Å². The van der Waals surface area contributed by atoms with E-state index in [9.17, 15) is 13.2 Å². The summed E-state index contributed by atoms with van der Waals surface area (Å²) in [4.78, 5) is 18.5. The van der Waals surface area contributed by atoms with E-state index in [-0.39, 0.29) is 29.7 Å². The van der Waals surface area contributed by atoms with E-state index >= 15 is 0 Å². The lowest BCUT2D eigenvalue weighted by molar-refractivity contribution is -0.121. The summed E-state index contributed by atoms with van der Waals surface area (Å²) in [6.45, 7) is 1.55. The maximum atomic E-state index is 13.0. The van der Waals surface area contributed by atoms with Crippen molar-refractivity contribution in [1.82, 2.24) is 10.1 Å². The molecule has 2 aromatic carbocycles. The lowest BCUT2D eigenvalue weighted by Gasteiger charge is -2.29. The van der Waals surface area contributed by atoms with Crippen LogP contribution in [0.1, 0.15) is 36.0 Å². The van der Waals surface area contributed by atoms with E-state index in [1.807, 2.05) is 0 Å². The van der Waals surface area contributed by atoms with Gasteiger partial charge in [0.25, 0.3) is 15.9 Å². The number of fused-ring (bicyclic) bond motifs is 1. The summed E-state index contributed by atoms with van der Waals surface area (Å²) < 4.78 is 39.4. The molecule has 3 aromatic rings. The van der Waals surface area contributed by atoms with Crippen LogP contribution in [0.15, 0.2) is 45.8 Å². The van der Waals surface area contributed by atoms with Crippen molar-refractivity contribution >= 4 is 38.9 Å². The first-order chi connectivity index (χ1) is 15.3. The standard InChI is InChI=1S/C21H19ClN4O5S/c1-12-7-16-17(9-18(12)32(28,29)25-15-4-2-3-14(22)8-15)30-11-20(27)26(16)10-19-23-21(31-24-19)13-5-6-13/h2-4,7-9,13,25H,5-6,10-11H2,1H3. The van der Waals surface area contributed by atoms with Gasteiger partial charge in [0.05, 0.1) is 22.8 Å². The number of carbonyl (C=O) groups is 1. The van der Waals surface area contributed by atoms with Crippen molar-refractivity contribution in [2.45, 2.75) is 37.1 Å². The van der Waals surface area contributed by atoms with Crippen molar-refractivity contribution in [3.63, 3.8) is 0 Å². The lowest BCUT2D eigenvalue weighted by atomic mass is 10.1. The summed E-state index contributed by atoms with van der Waals surface area (Å²) >= 11 is 5.96. The van der Waals surface area contributed by atoms with Gasteiger partial charge in [-0.25, -0.2) is 8.42 Å². The first-order valence-electron chi connectivity index (χ1n) is 9.99. The van der Waals surface area contributed by atoms with Crippen molar-refractivity contribution in [2.24, 2.45) is 0 Å². The van der Waals surface area contributed by atoms with Gasteiger partial charge in [0, 0.05) is 17.0 Å². The fraction of sp³-hybridized carbons (Fsp3) is 0.286. The van der Waals surface area contributed by atoms with E-state index in [2.05, 4.69) is 14.9 Å². The third kappa shape index (κ3) is 4.03. The van der Waals surface area contributed by atoms with Gasteiger partial charge < -0.3 is 9.26 Å². The number of nitrogens with one attached hydrogen (secondary N) is 1. The highest BCUT2D eigenvalue weighted by molar-refractivity contribution is 7.92. The maximum Gasteiger partial charge on any atom is 0.265 e. The van der Waals surface area contributed by atoms with E-state index in [0.29, 0.717) is 39.6 Å². The molecule has 0 spiro atoms. The molecule has 1 fully saturated rings. The smallest absolute Gasteiger partial charge is 0.265 e. The fourth-order valence-electron chi connectivity index (χ4n) is 3.53. The van der Waals surface area contributed by atoms with Crippen molar-refractivity contribution in [2.75, 3.05) is 16.2 Å². The summed E-state index contributed by atoms with van der Waals surface area (Å²) in [5.41, 5.74) is 1.25. The second kappa shape index (κ2) is 7.79. The van der Waals surface area contributed by atoms with Gasteiger partial charge in [0.2, 0.25) is 5.89 Å². The van der Waals surface area contributed by atoms with Crippen molar-refractivity contribution < 1.29 is 22.5 Å². The highest BCUT2D eigenvalue weighted by Crippen LogP contribution is 2.40. The molecule has 11 heteroatoms. The fourth-order valence-corrected chi connectivity index (χ4v) is 5.01. The van der Waals surface area contributed by atoms with Crippen LogP contribution in [0.2, 0.25) is 5.02 Å². The number of hydrogen-bond donors (Lipinski definition) is 1. The molecule has 0 radical (unpaired) electrons. The van der Waals surface area contributed by atoms with Crippen LogP contribution >= 0.6 is 11.6 Å². The zero-order valence-corrected chi connectivity index (χ0v) is 18.6. The number of anilines is 2. The van der Waals surface area contributed by atoms with E-state index in [0.717, 1.165) is 12.8 Å². The molecule has 0 unspecified atom stereocenters. The Kier molecular flexibility index (Phi) is 5.06. The van der Waals surface area contributed by atoms with Crippen LogP contribution < -0.4 is 14.4 Å². The molecule has 1 saturated carbocycles. The molecule has 32 heavy (non-hydrogen) atoms. The van der Waals surface area contributed by atoms with Crippen LogP contribution in [0.25, 0.3) is 0 Å².